The van der Waals surface area contributed by atoms with E-state index in [-0.39, 0.29) is 11.9 Å². The third-order valence-electron chi connectivity index (χ3n) is 3.46. The Bertz CT molecular complexity index is 218. The topological polar surface area (TPSA) is 55.1 Å². The number of hydrogen-bond donors (Lipinski definition) is 2. The molecule has 3 N–H and O–H groups in total. The lowest BCUT2D eigenvalue weighted by Crippen LogP contribution is -2.45. The summed E-state index contributed by atoms with van der Waals surface area (Å²) in [6.45, 7) is 6.64. The zero-order valence-electron chi connectivity index (χ0n) is 10.1. The molecule has 0 aromatic carbocycles. The highest BCUT2D eigenvalue weighted by molar-refractivity contribution is 5.74. The van der Waals surface area contributed by atoms with Crippen molar-refractivity contribution >= 4 is 5.91 Å². The Labute approximate surface area is 92.8 Å². The average Bonchev–Trinajstić information content (AvgIpc) is 2.10. The van der Waals surface area contributed by atoms with Gasteiger partial charge < -0.3 is 11.1 Å². The molecule has 1 fully saturated rings. The Kier molecular flexibility index (Phi) is 4.58. The number of nitrogens with one attached hydrogen (secondary N) is 1. The van der Waals surface area contributed by atoms with Gasteiger partial charge in [0, 0.05) is 18.5 Å². The van der Waals surface area contributed by atoms with E-state index in [0.717, 1.165) is 11.8 Å². The van der Waals surface area contributed by atoms with Gasteiger partial charge in [0.25, 0.3) is 0 Å². The van der Waals surface area contributed by atoms with E-state index < -0.39 is 0 Å². The largest absolute Gasteiger partial charge is 0.370 e. The molecule has 0 bridgehead atoms. The van der Waals surface area contributed by atoms with E-state index in [1.165, 1.54) is 19.3 Å². The first-order chi connectivity index (χ1) is 6.99. The fraction of sp³-hybridized carbons (Fsp3) is 0.917. The van der Waals surface area contributed by atoms with Crippen LogP contribution in [0.25, 0.3) is 0 Å². The summed E-state index contributed by atoms with van der Waals surface area (Å²) in [7, 11) is 0. The highest BCUT2D eigenvalue weighted by atomic mass is 16.1. The van der Waals surface area contributed by atoms with Gasteiger partial charge in [-0.15, -0.1) is 0 Å². The first-order valence-electron chi connectivity index (χ1n) is 6.03. The van der Waals surface area contributed by atoms with Gasteiger partial charge in [0.05, 0.1) is 0 Å². The van der Waals surface area contributed by atoms with E-state index in [4.69, 9.17) is 5.73 Å². The molecule has 0 spiro atoms. The zero-order chi connectivity index (χ0) is 11.4. The average molecular weight is 212 g/mol. The Balaban J connectivity index is 2.38. The maximum Gasteiger partial charge on any atom is 0.218 e. The summed E-state index contributed by atoms with van der Waals surface area (Å²) in [6, 6.07) is 0.767. The quantitative estimate of drug-likeness (QED) is 0.744. The molecule has 1 saturated carbocycles. The molecule has 3 nitrogen and oxygen atoms in total. The molecule has 3 heteroatoms. The fourth-order valence-electron chi connectivity index (χ4n) is 2.49. The lowest BCUT2D eigenvalue weighted by Gasteiger charge is -2.35. The van der Waals surface area contributed by atoms with Crippen molar-refractivity contribution in [2.45, 2.75) is 58.5 Å². The number of carbonyl (C=O) groups excluding carboxylic acids is 1. The second-order valence-electron chi connectivity index (χ2n) is 5.24. The molecule has 4 unspecified atom stereocenters. The van der Waals surface area contributed by atoms with Crippen molar-refractivity contribution in [3.8, 4) is 0 Å². The normalized spacial score (nSPS) is 33.7. The highest BCUT2D eigenvalue weighted by Crippen LogP contribution is 2.28. The minimum absolute atomic E-state index is 0.209. The third kappa shape index (κ3) is 4.20. The van der Waals surface area contributed by atoms with Crippen LogP contribution >= 0.6 is 0 Å². The van der Waals surface area contributed by atoms with Gasteiger partial charge in [-0.1, -0.05) is 20.3 Å². The smallest absolute Gasteiger partial charge is 0.218 e. The Morgan fingerprint density at radius 2 is 2.13 bits per heavy atom. The van der Waals surface area contributed by atoms with Crippen LogP contribution in [0.15, 0.2) is 0 Å². The van der Waals surface area contributed by atoms with Crippen LogP contribution in [-0.4, -0.2) is 18.0 Å². The summed E-state index contributed by atoms with van der Waals surface area (Å²) in [5.74, 6) is 1.31. The molecule has 1 aliphatic carbocycles. The molecule has 0 radical (unpaired) electrons. The molecule has 88 valence electrons. The van der Waals surface area contributed by atoms with Crippen LogP contribution in [0.1, 0.15) is 46.5 Å². The van der Waals surface area contributed by atoms with E-state index in [1.807, 2.05) is 6.92 Å². The number of carbonyl (C=O) groups is 1. The summed E-state index contributed by atoms with van der Waals surface area (Å²) in [6.07, 6.45) is 4.30. The van der Waals surface area contributed by atoms with Crippen LogP contribution in [0.2, 0.25) is 0 Å². The van der Waals surface area contributed by atoms with Gasteiger partial charge in [-0.3, -0.25) is 4.79 Å². The van der Waals surface area contributed by atoms with Crippen molar-refractivity contribution in [1.82, 2.24) is 5.32 Å². The summed E-state index contributed by atoms with van der Waals surface area (Å²) >= 11 is 0. The van der Waals surface area contributed by atoms with Crippen LogP contribution in [0.3, 0.4) is 0 Å². The van der Waals surface area contributed by atoms with E-state index in [2.05, 4.69) is 19.2 Å². The first kappa shape index (κ1) is 12.5. The zero-order valence-corrected chi connectivity index (χ0v) is 10.1. The SMILES string of the molecule is CC1CCC(C)C(NC(C)CC(N)=O)C1. The number of hydrogen-bond acceptors (Lipinski definition) is 2. The van der Waals surface area contributed by atoms with E-state index in [0.29, 0.717) is 12.5 Å². The van der Waals surface area contributed by atoms with Crippen molar-refractivity contribution in [2.75, 3.05) is 0 Å². The predicted molar refractivity (Wildman–Crippen MR) is 62.4 cm³/mol. The van der Waals surface area contributed by atoms with Gasteiger partial charge in [-0.25, -0.2) is 0 Å². The lowest BCUT2D eigenvalue weighted by atomic mass is 9.80. The molecule has 15 heavy (non-hydrogen) atoms. The maximum atomic E-state index is 10.8. The molecular weight excluding hydrogens is 188 g/mol. The fourth-order valence-corrected chi connectivity index (χ4v) is 2.49. The Morgan fingerprint density at radius 1 is 1.47 bits per heavy atom. The van der Waals surface area contributed by atoms with E-state index in [9.17, 15) is 4.79 Å². The second-order valence-corrected chi connectivity index (χ2v) is 5.24. The van der Waals surface area contributed by atoms with Crippen LogP contribution < -0.4 is 11.1 Å². The number of amides is 1. The van der Waals surface area contributed by atoms with Gasteiger partial charge in [0.1, 0.15) is 0 Å². The van der Waals surface area contributed by atoms with Gasteiger partial charge >= 0.3 is 0 Å². The second kappa shape index (κ2) is 5.50. The molecule has 4 atom stereocenters. The van der Waals surface area contributed by atoms with Crippen LogP contribution in [0, 0.1) is 11.8 Å². The molecule has 0 saturated heterocycles. The molecule has 0 aliphatic heterocycles. The molecule has 0 aromatic heterocycles. The molecule has 0 aromatic rings. The maximum absolute atomic E-state index is 10.8. The highest BCUT2D eigenvalue weighted by Gasteiger charge is 2.26. The summed E-state index contributed by atoms with van der Waals surface area (Å²) in [5.41, 5.74) is 5.18. The van der Waals surface area contributed by atoms with E-state index >= 15 is 0 Å². The monoisotopic (exact) mass is 212 g/mol. The van der Waals surface area contributed by atoms with Gasteiger partial charge in [-0.05, 0) is 31.6 Å². The van der Waals surface area contributed by atoms with Crippen LogP contribution in [-0.2, 0) is 4.79 Å². The Morgan fingerprint density at radius 3 is 2.73 bits per heavy atom. The third-order valence-corrected chi connectivity index (χ3v) is 3.46. The minimum atomic E-state index is -0.216. The van der Waals surface area contributed by atoms with Crippen molar-refractivity contribution in [3.05, 3.63) is 0 Å². The summed E-state index contributed by atoms with van der Waals surface area (Å²) in [5, 5.41) is 3.53. The van der Waals surface area contributed by atoms with Gasteiger partial charge in [0.2, 0.25) is 5.91 Å². The van der Waals surface area contributed by atoms with Crippen LogP contribution in [0.5, 0.6) is 0 Å². The molecule has 1 amide bonds. The number of rotatable bonds is 4. The number of primary amides is 1. The summed E-state index contributed by atoms with van der Waals surface area (Å²) < 4.78 is 0. The van der Waals surface area contributed by atoms with Crippen molar-refractivity contribution in [1.29, 1.82) is 0 Å². The van der Waals surface area contributed by atoms with E-state index in [1.54, 1.807) is 0 Å². The summed E-state index contributed by atoms with van der Waals surface area (Å²) in [4.78, 5) is 10.8. The van der Waals surface area contributed by atoms with Crippen molar-refractivity contribution in [3.63, 3.8) is 0 Å². The Hall–Kier alpha value is -0.570. The molecule has 1 aliphatic rings. The number of nitrogens with two attached hydrogens (primary N) is 1. The van der Waals surface area contributed by atoms with Gasteiger partial charge in [-0.2, -0.15) is 0 Å². The molecule has 0 heterocycles. The van der Waals surface area contributed by atoms with Crippen molar-refractivity contribution < 1.29 is 4.79 Å². The standard InChI is InChI=1S/C12H24N2O/c1-8-4-5-9(2)11(6-8)14-10(3)7-12(13)15/h8-11,14H,4-7H2,1-3H3,(H2,13,15). The van der Waals surface area contributed by atoms with Gasteiger partial charge in [0.15, 0.2) is 0 Å². The molecular formula is C12H24N2O. The first-order valence-corrected chi connectivity index (χ1v) is 6.03. The predicted octanol–water partition coefficient (Wildman–Crippen LogP) is 1.66. The van der Waals surface area contributed by atoms with Crippen molar-refractivity contribution in [2.24, 2.45) is 17.6 Å². The lowest BCUT2D eigenvalue weighted by molar-refractivity contribution is -0.118. The minimum Gasteiger partial charge on any atom is -0.370 e. The molecule has 1 rings (SSSR count). The van der Waals surface area contributed by atoms with Crippen LogP contribution in [0.4, 0.5) is 0 Å².